The number of nitrogens with zero attached hydrogens (tertiary/aromatic N) is 1. The van der Waals surface area contributed by atoms with Gasteiger partial charge < -0.3 is 9.85 Å². The van der Waals surface area contributed by atoms with Crippen molar-refractivity contribution < 1.29 is 4.43 Å². The molecule has 3 N–H and O–H groups in total. The molecule has 0 bridgehead atoms. The Balaban J connectivity index is 1.91. The number of pyridine rings is 1. The second kappa shape index (κ2) is 8.34. The number of rotatable bonds is 7. The zero-order valence-electron chi connectivity index (χ0n) is 18.0. The SMILES string of the molecule is CC(C)(C)[Si](OC(c1cccnc1NN)C1CC1)(c1ccccc1)c1ccccc1. The normalized spacial score (nSPS) is 15.6. The van der Waals surface area contributed by atoms with Crippen LogP contribution in [0.1, 0.15) is 45.3 Å². The molecule has 2 aromatic carbocycles. The number of hydrazine groups is 1. The number of hydrogen-bond donors (Lipinski definition) is 2. The number of nitrogens with one attached hydrogen (secondary N) is 1. The predicted molar refractivity (Wildman–Crippen MR) is 126 cm³/mol. The molecule has 4 rings (SSSR count). The van der Waals surface area contributed by atoms with Crippen LogP contribution in [0, 0.1) is 5.92 Å². The van der Waals surface area contributed by atoms with Gasteiger partial charge >= 0.3 is 0 Å². The number of aromatic nitrogens is 1. The fraction of sp³-hybridized carbons (Fsp3) is 0.320. The number of benzene rings is 2. The lowest BCUT2D eigenvalue weighted by atomic mass is 10.1. The van der Waals surface area contributed by atoms with Crippen molar-refractivity contribution in [3.63, 3.8) is 0 Å². The third kappa shape index (κ3) is 3.81. The van der Waals surface area contributed by atoms with E-state index in [0.717, 1.165) is 5.56 Å². The molecule has 1 saturated carbocycles. The average Bonchev–Trinajstić information content (AvgIpc) is 3.60. The Morgan fingerprint density at radius 2 is 1.50 bits per heavy atom. The highest BCUT2D eigenvalue weighted by atomic mass is 28.4. The Morgan fingerprint density at radius 1 is 0.933 bits per heavy atom. The van der Waals surface area contributed by atoms with Gasteiger partial charge in [-0.1, -0.05) is 87.5 Å². The summed E-state index contributed by atoms with van der Waals surface area (Å²) in [5, 5.41) is 2.52. The smallest absolute Gasteiger partial charge is 0.261 e. The summed E-state index contributed by atoms with van der Waals surface area (Å²) >= 11 is 0. The van der Waals surface area contributed by atoms with E-state index in [1.165, 1.54) is 23.2 Å². The molecule has 0 radical (unpaired) electrons. The van der Waals surface area contributed by atoms with Crippen molar-refractivity contribution in [3.8, 4) is 0 Å². The standard InChI is InChI=1S/C25H31N3OSi/c1-25(2,3)30(20-11-6-4-7-12-20,21-13-8-5-9-14-21)29-23(19-16-17-19)22-15-10-18-27-24(22)28-26/h4-15,18-19,23H,16-17,26H2,1-3H3,(H,27,28). The first-order valence-corrected chi connectivity index (χ1v) is 12.6. The fourth-order valence-electron chi connectivity index (χ4n) is 4.46. The van der Waals surface area contributed by atoms with Gasteiger partial charge in [0.15, 0.2) is 0 Å². The highest BCUT2D eigenvalue weighted by Gasteiger charge is 2.53. The van der Waals surface area contributed by atoms with Gasteiger partial charge in [0, 0.05) is 11.8 Å². The summed E-state index contributed by atoms with van der Waals surface area (Å²) in [4.78, 5) is 4.47. The van der Waals surface area contributed by atoms with Gasteiger partial charge in [-0.3, -0.25) is 0 Å². The maximum absolute atomic E-state index is 7.43. The minimum Gasteiger partial charge on any atom is -0.400 e. The second-order valence-corrected chi connectivity index (χ2v) is 13.4. The van der Waals surface area contributed by atoms with E-state index in [0.29, 0.717) is 11.7 Å². The van der Waals surface area contributed by atoms with Gasteiger partial charge in [0.1, 0.15) is 5.82 Å². The molecule has 156 valence electrons. The third-order valence-corrected chi connectivity index (χ3v) is 11.1. The first kappa shape index (κ1) is 20.8. The van der Waals surface area contributed by atoms with Crippen LogP contribution in [0.15, 0.2) is 79.0 Å². The van der Waals surface area contributed by atoms with Crippen LogP contribution < -0.4 is 21.6 Å². The maximum atomic E-state index is 7.43. The van der Waals surface area contributed by atoms with Crippen LogP contribution in [-0.4, -0.2) is 13.3 Å². The van der Waals surface area contributed by atoms with Gasteiger partial charge in [-0.15, -0.1) is 0 Å². The van der Waals surface area contributed by atoms with Crippen LogP contribution in [0.4, 0.5) is 5.82 Å². The van der Waals surface area contributed by atoms with Crippen LogP contribution >= 0.6 is 0 Å². The second-order valence-electron chi connectivity index (χ2n) is 9.12. The van der Waals surface area contributed by atoms with Crippen LogP contribution in [0.2, 0.25) is 5.04 Å². The summed E-state index contributed by atoms with van der Waals surface area (Å²) in [6.45, 7) is 6.94. The summed E-state index contributed by atoms with van der Waals surface area (Å²) in [6.07, 6.45) is 4.06. The first-order chi connectivity index (χ1) is 14.5. The van der Waals surface area contributed by atoms with E-state index in [1.807, 2.05) is 6.07 Å². The largest absolute Gasteiger partial charge is 0.400 e. The molecule has 0 aliphatic heterocycles. The molecule has 30 heavy (non-hydrogen) atoms. The van der Waals surface area contributed by atoms with Crippen molar-refractivity contribution in [1.29, 1.82) is 0 Å². The van der Waals surface area contributed by atoms with Crippen molar-refractivity contribution in [1.82, 2.24) is 4.98 Å². The van der Waals surface area contributed by atoms with Crippen LogP contribution in [0.5, 0.6) is 0 Å². The quantitative estimate of drug-likeness (QED) is 0.340. The van der Waals surface area contributed by atoms with Gasteiger partial charge in [0.25, 0.3) is 8.32 Å². The van der Waals surface area contributed by atoms with E-state index in [-0.39, 0.29) is 11.1 Å². The minimum atomic E-state index is -2.65. The van der Waals surface area contributed by atoms with E-state index < -0.39 is 8.32 Å². The van der Waals surface area contributed by atoms with Crippen molar-refractivity contribution in [2.24, 2.45) is 11.8 Å². The Morgan fingerprint density at radius 3 is 1.97 bits per heavy atom. The summed E-state index contributed by atoms with van der Waals surface area (Å²) in [5.41, 5.74) is 3.84. The molecule has 3 aromatic rings. The van der Waals surface area contributed by atoms with Crippen LogP contribution in [0.25, 0.3) is 0 Å². The maximum Gasteiger partial charge on any atom is 0.261 e. The molecular weight excluding hydrogens is 386 g/mol. The van der Waals surface area contributed by atoms with Crippen molar-refractivity contribution in [2.45, 2.75) is 44.8 Å². The molecular formula is C25H31N3OSi. The van der Waals surface area contributed by atoms with E-state index in [4.69, 9.17) is 10.3 Å². The molecule has 1 atom stereocenters. The van der Waals surface area contributed by atoms with Crippen molar-refractivity contribution in [3.05, 3.63) is 84.6 Å². The number of anilines is 1. The summed E-state index contributed by atoms with van der Waals surface area (Å²) in [6, 6.07) is 25.7. The first-order valence-electron chi connectivity index (χ1n) is 10.7. The Hall–Kier alpha value is -2.47. The lowest BCUT2D eigenvalue weighted by molar-refractivity contribution is 0.168. The van der Waals surface area contributed by atoms with Crippen molar-refractivity contribution >= 4 is 24.5 Å². The lowest BCUT2D eigenvalue weighted by Gasteiger charge is -2.45. The highest BCUT2D eigenvalue weighted by molar-refractivity contribution is 6.99. The molecule has 1 aliphatic carbocycles. The number of nitrogens with two attached hydrogens (primary N) is 1. The minimum absolute atomic E-state index is 0.0453. The topological polar surface area (TPSA) is 60.2 Å². The third-order valence-electron chi connectivity index (χ3n) is 6.05. The molecule has 0 amide bonds. The molecule has 1 aliphatic rings. The summed E-state index contributed by atoms with van der Waals surface area (Å²) in [7, 11) is -2.65. The number of nitrogen functional groups attached to an aromatic ring is 1. The fourth-order valence-corrected chi connectivity index (χ4v) is 9.18. The van der Waals surface area contributed by atoms with Gasteiger partial charge in [-0.05, 0) is 40.2 Å². The molecule has 1 aromatic heterocycles. The van der Waals surface area contributed by atoms with Gasteiger partial charge in [-0.2, -0.15) is 0 Å². The summed E-state index contributed by atoms with van der Waals surface area (Å²) in [5.74, 6) is 7.01. The van der Waals surface area contributed by atoms with Crippen molar-refractivity contribution in [2.75, 3.05) is 5.43 Å². The molecule has 5 heteroatoms. The van der Waals surface area contributed by atoms with E-state index in [2.05, 4.69) is 97.9 Å². The molecule has 0 spiro atoms. The Bertz CT molecular complexity index is 929. The van der Waals surface area contributed by atoms with Gasteiger partial charge in [0.05, 0.1) is 6.10 Å². The zero-order chi connectivity index (χ0) is 21.2. The molecule has 1 fully saturated rings. The van der Waals surface area contributed by atoms with Crippen LogP contribution in [0.3, 0.4) is 0 Å². The van der Waals surface area contributed by atoms with Crippen LogP contribution in [-0.2, 0) is 4.43 Å². The molecule has 0 saturated heterocycles. The lowest BCUT2D eigenvalue weighted by Crippen LogP contribution is -2.67. The monoisotopic (exact) mass is 417 g/mol. The molecule has 1 unspecified atom stereocenters. The zero-order valence-corrected chi connectivity index (χ0v) is 19.0. The summed E-state index contributed by atoms with van der Waals surface area (Å²) < 4.78 is 7.43. The van der Waals surface area contributed by atoms with E-state index in [1.54, 1.807) is 6.20 Å². The molecule has 1 heterocycles. The number of hydrogen-bond acceptors (Lipinski definition) is 4. The van der Waals surface area contributed by atoms with Gasteiger partial charge in [0.2, 0.25) is 0 Å². The Labute approximate surface area is 180 Å². The van der Waals surface area contributed by atoms with E-state index >= 15 is 0 Å². The predicted octanol–water partition coefficient (Wildman–Crippen LogP) is 4.39. The Kier molecular flexibility index (Phi) is 5.78. The molecule has 4 nitrogen and oxygen atoms in total. The average molecular weight is 418 g/mol. The van der Waals surface area contributed by atoms with E-state index in [9.17, 15) is 0 Å². The highest BCUT2D eigenvalue weighted by Crippen LogP contribution is 2.49. The van der Waals surface area contributed by atoms with Gasteiger partial charge in [-0.25, -0.2) is 10.8 Å².